The zero-order chi connectivity index (χ0) is 109. The second-order valence-corrected chi connectivity index (χ2v) is 42.9. The van der Waals surface area contributed by atoms with Crippen molar-refractivity contribution in [2.24, 2.45) is 52.2 Å². The molecule has 2 aromatic heterocycles. The SMILES string of the molecule is CCc1c2c(nc3ccc(O)cc13)-c1cc3c(c(=O)n1C2)COC(=O)[C@@]3(CC)OC(=O)OCc1ccc(NC(=O)[C@H](CCCNC(N)=O)NC(=O)[C@@H](NC(=O)CCCCCN2C(=O)CC(SC(C)(C)[C@H](NC(C)=O)C(=O)N3CCC[C@H]3C(=O)N[C@@H](CCCNC(=N)N)C(=O)C[C@@H](CCCNC(=N)N)C(=O)N3CCC[C@H]3C(=O)C[C@@H](Cc3ccc(O)cc3)C(=O)N[C@H](C(=O)C[C@@H](CC(C)C)C(=O)O)C(C)(C)C)C2=O)C(C)C)cc1. The number of carbonyl (C=O) groups excluding carboxylic acids is 16. The van der Waals surface area contributed by atoms with Gasteiger partial charge in [0, 0.05) is 117 Å². The number of unbranched alkanes of at least 4 members (excludes halogenated alkanes) is 2. The third-order valence-corrected chi connectivity index (χ3v) is 29.1. The number of phenols is 2. The Labute approximate surface area is 863 Å². The molecule has 148 heavy (non-hydrogen) atoms. The number of carbonyl (C=O) groups is 17. The summed E-state index contributed by atoms with van der Waals surface area (Å²) in [4.78, 5) is 262. The second kappa shape index (κ2) is 52.0. The molecule has 0 aliphatic carbocycles. The molecule has 5 aliphatic heterocycles. The summed E-state index contributed by atoms with van der Waals surface area (Å²) in [5, 5.41) is 70.4. The number of aromatic hydroxyl groups is 2. The molecule has 1 unspecified atom stereocenters. The number of anilines is 1. The molecule has 3 fully saturated rings. The highest BCUT2D eigenvalue weighted by atomic mass is 32.2. The Hall–Kier alpha value is -14.1. The van der Waals surface area contributed by atoms with E-state index in [1.165, 1.54) is 63.8 Å². The van der Waals surface area contributed by atoms with Crippen molar-refractivity contribution in [1.29, 1.82) is 10.8 Å². The number of amides is 12. The number of hydrogen-bond acceptors (Lipinski definition) is 27. The van der Waals surface area contributed by atoms with Crippen molar-refractivity contribution in [3.8, 4) is 22.9 Å². The van der Waals surface area contributed by atoms with Crippen molar-refractivity contribution in [3.05, 3.63) is 117 Å². The number of carboxylic acids is 1. The number of hydrogen-bond donors (Lipinski definition) is 17. The summed E-state index contributed by atoms with van der Waals surface area (Å²) in [7, 11) is 0. The van der Waals surface area contributed by atoms with Gasteiger partial charge < -0.3 is 109 Å². The molecule has 12 atom stereocenters. The number of imide groups is 1. The van der Waals surface area contributed by atoms with Gasteiger partial charge in [0.15, 0.2) is 29.3 Å². The van der Waals surface area contributed by atoms with Crippen LogP contribution in [0, 0.1) is 45.8 Å². The van der Waals surface area contributed by atoms with Crippen LogP contribution < -0.4 is 70.6 Å². The number of aromatic nitrogens is 2. The van der Waals surface area contributed by atoms with E-state index in [9.17, 15) is 87.2 Å². The van der Waals surface area contributed by atoms with Crippen LogP contribution in [0.25, 0.3) is 22.3 Å². The van der Waals surface area contributed by atoms with Gasteiger partial charge in [-0.3, -0.25) is 87.6 Å². The third-order valence-electron chi connectivity index (χ3n) is 27.6. The number of carboxylic acid groups (broad SMARTS) is 1. The van der Waals surface area contributed by atoms with Gasteiger partial charge in [-0.2, -0.15) is 0 Å². The third kappa shape index (κ3) is 30.3. The summed E-state index contributed by atoms with van der Waals surface area (Å²) >= 11 is 0.983. The van der Waals surface area contributed by atoms with Crippen molar-refractivity contribution in [2.45, 2.75) is 302 Å². The number of nitrogens with one attached hydrogen (secondary N) is 11. The van der Waals surface area contributed by atoms with Crippen molar-refractivity contribution < 1.29 is 111 Å². The predicted molar refractivity (Wildman–Crippen MR) is 547 cm³/mol. The number of fused-ring (bicyclic) bond motifs is 5. The van der Waals surface area contributed by atoms with Crippen molar-refractivity contribution in [2.75, 3.05) is 44.6 Å². The number of urea groups is 1. The average Bonchev–Trinajstić information content (AvgIpc) is 1.53. The van der Waals surface area contributed by atoms with Crippen LogP contribution in [0.3, 0.4) is 0 Å². The number of ether oxygens (including phenoxy) is 3. The molecular weight excluding hydrogens is 1930 g/mol. The summed E-state index contributed by atoms with van der Waals surface area (Å²) in [6, 6.07) is 9.07. The Morgan fingerprint density at radius 2 is 1.27 bits per heavy atom. The van der Waals surface area contributed by atoms with Gasteiger partial charge in [-0.05, 0) is 199 Å². The first-order valence-electron chi connectivity index (χ1n) is 50.7. The van der Waals surface area contributed by atoms with Crippen LogP contribution >= 0.6 is 11.8 Å². The number of aliphatic carboxylic acids is 1. The first kappa shape index (κ1) is 116. The Morgan fingerprint density at radius 3 is 1.89 bits per heavy atom. The molecule has 12 amide bonds. The fraction of sp³-hybridized carbons (Fsp3) is 0.567. The molecule has 43 nitrogen and oxygen atoms in total. The number of primary amides is 1. The van der Waals surface area contributed by atoms with Gasteiger partial charge in [0.05, 0.1) is 58.3 Å². The summed E-state index contributed by atoms with van der Waals surface area (Å²) < 4.78 is 17.1. The largest absolute Gasteiger partial charge is 0.510 e. The van der Waals surface area contributed by atoms with E-state index >= 15 is 14.4 Å². The van der Waals surface area contributed by atoms with E-state index in [4.69, 9.17) is 47.2 Å². The number of nitrogens with two attached hydrogens (primary N) is 3. The summed E-state index contributed by atoms with van der Waals surface area (Å²) in [6.45, 7) is 19.9. The minimum atomic E-state index is -2.08. The van der Waals surface area contributed by atoms with Gasteiger partial charge in [0.25, 0.3) is 5.56 Å². The van der Waals surface area contributed by atoms with Crippen LogP contribution in [0.4, 0.5) is 15.3 Å². The number of guanidine groups is 2. The molecule has 5 aliphatic rings. The van der Waals surface area contributed by atoms with Crippen molar-refractivity contribution in [3.63, 3.8) is 0 Å². The number of pyridine rings is 2. The molecular formula is C104H143N19O24S. The molecule has 3 aromatic carbocycles. The van der Waals surface area contributed by atoms with Crippen LogP contribution in [-0.4, -0.2) is 244 Å². The number of likely N-dealkylation sites (tertiary alicyclic amines) is 3. The number of Topliss-reactive ketones (excluding diaryl/α,β-unsaturated/α-hetero) is 3. The minimum absolute atomic E-state index is 0.0114. The quantitative estimate of drug-likeness (QED) is 0.00616. The van der Waals surface area contributed by atoms with Gasteiger partial charge in [-0.15, -0.1) is 11.8 Å². The monoisotopic (exact) mass is 2070 g/mol. The van der Waals surface area contributed by atoms with Gasteiger partial charge in [0.1, 0.15) is 48.9 Å². The smallest absolute Gasteiger partial charge is 0.508 e. The van der Waals surface area contributed by atoms with Crippen molar-refractivity contribution in [1.82, 2.24) is 66.8 Å². The number of thioether (sulfide) groups is 1. The second-order valence-electron chi connectivity index (χ2n) is 41.0. The molecule has 804 valence electrons. The van der Waals surface area contributed by atoms with Crippen LogP contribution in [-0.2, 0) is 124 Å². The lowest BCUT2D eigenvalue weighted by molar-refractivity contribution is -0.175. The Morgan fingerprint density at radius 1 is 0.649 bits per heavy atom. The Kier molecular flexibility index (Phi) is 40.7. The first-order valence-corrected chi connectivity index (χ1v) is 51.6. The lowest BCUT2D eigenvalue weighted by Crippen LogP contribution is -2.60. The zero-order valence-electron chi connectivity index (χ0n) is 86.1. The van der Waals surface area contributed by atoms with E-state index in [0.717, 1.165) is 33.2 Å². The van der Waals surface area contributed by atoms with E-state index in [2.05, 4.69) is 47.9 Å². The van der Waals surface area contributed by atoms with Gasteiger partial charge in [-0.25, -0.2) is 19.4 Å². The number of benzene rings is 3. The summed E-state index contributed by atoms with van der Waals surface area (Å²) in [6.07, 6.45) is -0.136. The highest BCUT2D eigenvalue weighted by Crippen LogP contribution is 2.45. The summed E-state index contributed by atoms with van der Waals surface area (Å²) in [5.74, 6) is -14.7. The molecule has 44 heteroatoms. The fourth-order valence-corrected chi connectivity index (χ4v) is 21.4. The van der Waals surface area contributed by atoms with E-state index in [0.29, 0.717) is 53.7 Å². The van der Waals surface area contributed by atoms with Gasteiger partial charge in [-0.1, -0.05) is 93.0 Å². The topological polar surface area (TPSA) is 657 Å². The Balaban J connectivity index is 0.724. The molecule has 5 aromatic rings. The maximum atomic E-state index is 15.3. The summed E-state index contributed by atoms with van der Waals surface area (Å²) in [5.41, 5.74) is 17.7. The number of cyclic esters (lactones) is 1. The van der Waals surface area contributed by atoms with E-state index in [1.54, 1.807) is 85.7 Å². The molecule has 0 saturated carbocycles. The highest BCUT2D eigenvalue weighted by molar-refractivity contribution is 8.02. The molecule has 10 rings (SSSR count). The normalized spacial score (nSPS) is 18.0. The predicted octanol–water partition coefficient (Wildman–Crippen LogP) is 6.76. The number of phenolic OH excluding ortho intramolecular Hbond substituents is 2. The van der Waals surface area contributed by atoms with Crippen LogP contribution in [0.5, 0.6) is 11.5 Å². The standard InChI is InChI=1S/C104H143N19O24S/c1-13-67-68-50-66(126)37-38-72(68)115-85-69(67)53-123-77(85)51-71-70(93(123)137)55-145-97(142)104(71,14-2)147-101(144)146-54-60-29-33-64(34-30-60)114-89(133)74(25-20-41-112-100(109)143)117-91(135)84(57(5)6)118-82(130)28-16-15-17-42-122-83(131)52-81(94(122)138)148-103(11,12)87(113-58(7)124)95(139)121-44-22-27-76(121)90(134)116-73(24-19-40-111-99(107)108)78(127)47-61(23-18-39-110-98(105)106)92(136)120-43-21-26-75(120)79(128)48-62(46-59-31-35-65(125)36-32-59)88(132)119-86(102(8,9)10)80(129)49-63(96(140)141)45-56(3)4/h29-38,50-51,56-57,61-63,73-76,81,84,86-87,125-126H,13-28,39-49,52-55H2,1-12H3,(H,113,124)(H,114,133)(H,116,134)(H,117,135)(H,118,130)(H,119,132)(H,140,141)(H4,105,106,110)(H4,107,108,111)(H3,109,112,143)/t61-,62-,63-,73+,74+,75+,76+,81?,84+,86-,87-,104+/m1/s1. The minimum Gasteiger partial charge on any atom is -0.508 e. The molecule has 20 N–H and O–H groups in total. The van der Waals surface area contributed by atoms with Gasteiger partial charge >= 0.3 is 24.1 Å². The maximum Gasteiger partial charge on any atom is 0.510 e. The number of rotatable bonds is 53. The van der Waals surface area contributed by atoms with E-state index < -0.39 is 206 Å². The van der Waals surface area contributed by atoms with Crippen molar-refractivity contribution >= 4 is 141 Å². The van der Waals surface area contributed by atoms with Crippen LogP contribution in [0.1, 0.15) is 245 Å². The number of ketones is 3. The lowest BCUT2D eigenvalue weighted by atomic mass is 9.80. The average molecular weight is 2080 g/mol. The zero-order valence-corrected chi connectivity index (χ0v) is 87.0. The molecule has 0 radical (unpaired) electrons. The number of esters is 1. The first-order chi connectivity index (χ1) is 69.9. The molecule has 3 saturated heterocycles. The molecule has 7 heterocycles. The molecule has 0 spiro atoms. The van der Waals surface area contributed by atoms with E-state index in [1.807, 2.05) is 20.8 Å². The highest BCUT2D eigenvalue weighted by Gasteiger charge is 2.53. The number of nitrogens with zero attached hydrogens (tertiary/aromatic N) is 5. The maximum absolute atomic E-state index is 15.3. The number of aryl methyl sites for hydroxylation is 1. The fourth-order valence-electron chi connectivity index (χ4n) is 19.9. The van der Waals surface area contributed by atoms with Crippen LogP contribution in [0.15, 0.2) is 77.6 Å². The van der Waals surface area contributed by atoms with Gasteiger partial charge in [0.2, 0.25) is 64.7 Å². The van der Waals surface area contributed by atoms with E-state index in [-0.39, 0.29) is 208 Å². The Bertz CT molecular complexity index is 5870. The molecule has 0 bridgehead atoms. The lowest BCUT2D eigenvalue weighted by Gasteiger charge is -2.38. The van der Waals surface area contributed by atoms with Crippen LogP contribution in [0.2, 0.25) is 0 Å².